The second-order valence-corrected chi connectivity index (χ2v) is 3.90. The first kappa shape index (κ1) is 9.15. The lowest BCUT2D eigenvalue weighted by atomic mass is 9.96. The summed E-state index contributed by atoms with van der Waals surface area (Å²) in [5.74, 6) is -0.391. The third-order valence-electron chi connectivity index (χ3n) is 2.95. The smallest absolute Gasteiger partial charge is 0.245 e. The summed E-state index contributed by atoms with van der Waals surface area (Å²) in [6.07, 6.45) is 9.18. The van der Waals surface area contributed by atoms with Crippen LogP contribution in [-0.2, 0) is 0 Å². The zero-order chi connectivity index (χ0) is 11.1. The van der Waals surface area contributed by atoms with Gasteiger partial charge in [-0.3, -0.25) is 9.36 Å². The van der Waals surface area contributed by atoms with Crippen molar-refractivity contribution >= 4 is 12.1 Å². The molecule has 1 atom stereocenters. The number of allylic oxidation sites excluding steroid dienone is 4. The van der Waals surface area contributed by atoms with E-state index in [1.807, 2.05) is 12.2 Å². The Morgan fingerprint density at radius 3 is 3.25 bits per heavy atom. The second-order valence-electron chi connectivity index (χ2n) is 3.90. The molecule has 4 heteroatoms. The van der Waals surface area contributed by atoms with Gasteiger partial charge < -0.3 is 5.21 Å². The molecule has 1 aliphatic carbocycles. The molecule has 0 saturated carbocycles. The molecule has 2 heterocycles. The summed E-state index contributed by atoms with van der Waals surface area (Å²) in [5.41, 5.74) is 1.16. The third kappa shape index (κ3) is 1.16. The molecule has 80 valence electrons. The van der Waals surface area contributed by atoms with Crippen molar-refractivity contribution in [3.05, 3.63) is 53.2 Å². The van der Waals surface area contributed by atoms with Gasteiger partial charge in [-0.15, -0.1) is 0 Å². The molecule has 0 saturated heterocycles. The number of fused-ring (bicyclic) bond motifs is 2. The van der Waals surface area contributed by atoms with Gasteiger partial charge in [-0.1, -0.05) is 12.2 Å². The van der Waals surface area contributed by atoms with E-state index in [0.717, 1.165) is 4.74 Å². The second kappa shape index (κ2) is 3.20. The zero-order valence-electron chi connectivity index (χ0n) is 8.54. The number of hydrogen-bond acceptors (Lipinski definition) is 2. The molecule has 0 N–H and O–H groups in total. The quantitative estimate of drug-likeness (QED) is 0.485. The fraction of sp³-hybridized carbons (Fsp3) is 0.167. The molecular weight excluding hydrogens is 204 g/mol. The standard InChI is InChI=1S/C12H10N2O2/c15-12-10-5-1-2-6-11(10)14(16)8-9-4-3-7-13(9)12/h1-4,6-8,10H,5H2. The fourth-order valence-electron chi connectivity index (χ4n) is 2.14. The summed E-state index contributed by atoms with van der Waals surface area (Å²) in [4.78, 5) is 12.2. The Morgan fingerprint density at radius 2 is 2.38 bits per heavy atom. The van der Waals surface area contributed by atoms with Crippen molar-refractivity contribution in [1.82, 2.24) is 4.57 Å². The van der Waals surface area contributed by atoms with Crippen LogP contribution < -0.4 is 0 Å². The Bertz CT molecular complexity index is 549. The molecule has 3 rings (SSSR count). The summed E-state index contributed by atoms with van der Waals surface area (Å²) in [6, 6.07) is 3.53. The molecule has 0 bridgehead atoms. The highest BCUT2D eigenvalue weighted by atomic mass is 16.5. The number of nitrogens with zero attached hydrogens (tertiary/aromatic N) is 2. The number of hydrogen-bond donors (Lipinski definition) is 0. The molecule has 0 spiro atoms. The number of carbonyl (C=O) groups excluding carboxylic acids is 1. The van der Waals surface area contributed by atoms with Crippen LogP contribution in [0.5, 0.6) is 0 Å². The van der Waals surface area contributed by atoms with E-state index in [1.54, 1.807) is 24.4 Å². The molecule has 0 fully saturated rings. The van der Waals surface area contributed by atoms with Crippen LogP contribution in [0.4, 0.5) is 0 Å². The van der Waals surface area contributed by atoms with E-state index < -0.39 is 0 Å². The molecule has 4 nitrogen and oxygen atoms in total. The van der Waals surface area contributed by atoms with Crippen LogP contribution in [0.25, 0.3) is 0 Å². The van der Waals surface area contributed by atoms with Gasteiger partial charge >= 0.3 is 0 Å². The lowest BCUT2D eigenvalue weighted by Gasteiger charge is -2.15. The molecule has 0 radical (unpaired) electrons. The molecule has 1 aromatic rings. The molecule has 1 unspecified atom stereocenters. The summed E-state index contributed by atoms with van der Waals surface area (Å²) in [7, 11) is 0. The highest BCUT2D eigenvalue weighted by molar-refractivity contribution is 5.91. The van der Waals surface area contributed by atoms with Gasteiger partial charge in [-0.05, 0) is 18.6 Å². The monoisotopic (exact) mass is 214 g/mol. The van der Waals surface area contributed by atoms with Gasteiger partial charge in [-0.25, -0.2) is 0 Å². The van der Waals surface area contributed by atoms with E-state index in [-0.39, 0.29) is 11.8 Å². The average molecular weight is 214 g/mol. The van der Waals surface area contributed by atoms with Crippen molar-refractivity contribution in [1.29, 1.82) is 0 Å². The van der Waals surface area contributed by atoms with Crippen molar-refractivity contribution < 1.29 is 9.53 Å². The molecule has 0 aromatic carbocycles. The number of rotatable bonds is 0. The SMILES string of the molecule is O=C1C2CC=CC=C2[N+]([O-])=Cc2cccn21. The molecule has 1 aliphatic heterocycles. The largest absolute Gasteiger partial charge is 0.618 e. The van der Waals surface area contributed by atoms with Crippen LogP contribution >= 0.6 is 0 Å². The Balaban J connectivity index is 2.21. The summed E-state index contributed by atoms with van der Waals surface area (Å²) in [5, 5.41) is 11.8. The van der Waals surface area contributed by atoms with Crippen molar-refractivity contribution in [3.8, 4) is 0 Å². The highest BCUT2D eigenvalue weighted by Crippen LogP contribution is 2.25. The Hall–Kier alpha value is -2.10. The number of aromatic nitrogens is 1. The van der Waals surface area contributed by atoms with E-state index in [0.29, 0.717) is 17.8 Å². The van der Waals surface area contributed by atoms with Crippen LogP contribution in [0, 0.1) is 11.1 Å². The van der Waals surface area contributed by atoms with E-state index in [1.165, 1.54) is 10.8 Å². The zero-order valence-corrected chi connectivity index (χ0v) is 8.54. The van der Waals surface area contributed by atoms with Crippen molar-refractivity contribution in [3.63, 3.8) is 0 Å². The Morgan fingerprint density at radius 1 is 1.50 bits per heavy atom. The molecule has 1 aromatic heterocycles. The molecule has 16 heavy (non-hydrogen) atoms. The van der Waals surface area contributed by atoms with Gasteiger partial charge in [0.05, 0.1) is 0 Å². The van der Waals surface area contributed by atoms with Gasteiger partial charge in [0.1, 0.15) is 11.6 Å². The van der Waals surface area contributed by atoms with E-state index in [9.17, 15) is 10.0 Å². The Labute approximate surface area is 92.4 Å². The molecule has 0 amide bonds. The van der Waals surface area contributed by atoms with E-state index >= 15 is 0 Å². The minimum absolute atomic E-state index is 0.0369. The van der Waals surface area contributed by atoms with Crippen LogP contribution in [0.2, 0.25) is 0 Å². The first-order chi connectivity index (χ1) is 7.77. The first-order valence-corrected chi connectivity index (χ1v) is 5.17. The van der Waals surface area contributed by atoms with Gasteiger partial charge in [0.25, 0.3) is 0 Å². The fourth-order valence-corrected chi connectivity index (χ4v) is 2.14. The van der Waals surface area contributed by atoms with Gasteiger partial charge in [-0.2, -0.15) is 4.74 Å². The van der Waals surface area contributed by atoms with Crippen LogP contribution in [-0.4, -0.2) is 21.4 Å². The maximum atomic E-state index is 12.2. The number of hydroxylamine groups is 1. The lowest BCUT2D eigenvalue weighted by Crippen LogP contribution is -2.25. The predicted molar refractivity (Wildman–Crippen MR) is 59.2 cm³/mol. The van der Waals surface area contributed by atoms with Gasteiger partial charge in [0, 0.05) is 12.3 Å². The normalized spacial score (nSPS) is 23.0. The summed E-state index contributed by atoms with van der Waals surface area (Å²) >= 11 is 0. The first-order valence-electron chi connectivity index (χ1n) is 5.17. The highest BCUT2D eigenvalue weighted by Gasteiger charge is 2.33. The van der Waals surface area contributed by atoms with Gasteiger partial charge in [0.2, 0.25) is 17.8 Å². The minimum atomic E-state index is -0.354. The summed E-state index contributed by atoms with van der Waals surface area (Å²) < 4.78 is 2.33. The minimum Gasteiger partial charge on any atom is -0.618 e. The molecule has 2 aliphatic rings. The topological polar surface area (TPSA) is 48.1 Å². The van der Waals surface area contributed by atoms with Crippen LogP contribution in [0.3, 0.4) is 0 Å². The average Bonchev–Trinajstić information content (AvgIpc) is 2.72. The lowest BCUT2D eigenvalue weighted by molar-refractivity contribution is -0.402. The predicted octanol–water partition coefficient (Wildman–Crippen LogP) is 1.53. The number of carbonyl (C=O) groups is 1. The van der Waals surface area contributed by atoms with Crippen molar-refractivity contribution in [2.24, 2.45) is 5.92 Å². The summed E-state index contributed by atoms with van der Waals surface area (Å²) in [6.45, 7) is 0. The van der Waals surface area contributed by atoms with Gasteiger partial charge in [0.15, 0.2) is 0 Å². The van der Waals surface area contributed by atoms with E-state index in [2.05, 4.69) is 0 Å². The van der Waals surface area contributed by atoms with Crippen LogP contribution in [0.15, 0.2) is 42.3 Å². The molecular formula is C12H10N2O2. The van der Waals surface area contributed by atoms with Crippen LogP contribution in [0.1, 0.15) is 16.9 Å². The third-order valence-corrected chi connectivity index (χ3v) is 2.95. The van der Waals surface area contributed by atoms with Crippen molar-refractivity contribution in [2.45, 2.75) is 6.42 Å². The maximum absolute atomic E-state index is 12.2. The maximum Gasteiger partial charge on any atom is 0.245 e. The van der Waals surface area contributed by atoms with E-state index in [4.69, 9.17) is 0 Å². The van der Waals surface area contributed by atoms with Crippen molar-refractivity contribution in [2.75, 3.05) is 0 Å². The Kier molecular flexibility index (Phi) is 1.83.